The van der Waals surface area contributed by atoms with Crippen LogP contribution in [0.1, 0.15) is 32.1 Å². The molecule has 1 aliphatic carbocycles. The molecule has 1 saturated heterocycles. The van der Waals surface area contributed by atoms with Crippen molar-refractivity contribution in [1.82, 2.24) is 5.32 Å². The van der Waals surface area contributed by atoms with Crippen LogP contribution in [0.3, 0.4) is 0 Å². The van der Waals surface area contributed by atoms with Crippen molar-refractivity contribution in [3.05, 3.63) is 0 Å². The molecule has 0 spiro atoms. The molecule has 62 valence electrons. The smallest absolute Gasteiger partial charge is 0.127 e. The number of fused-ring (bicyclic) bond motifs is 1. The molecule has 2 aliphatic rings. The Morgan fingerprint density at radius 2 is 2.27 bits per heavy atom. The van der Waals surface area contributed by atoms with E-state index in [9.17, 15) is 4.79 Å². The summed E-state index contributed by atoms with van der Waals surface area (Å²) in [6.07, 6.45) is 7.15. The Morgan fingerprint density at radius 3 is 3.00 bits per heavy atom. The van der Waals surface area contributed by atoms with Crippen molar-refractivity contribution in [2.45, 2.75) is 38.1 Å². The highest BCUT2D eigenvalue weighted by molar-refractivity contribution is 5.61. The lowest BCUT2D eigenvalue weighted by Crippen LogP contribution is -2.40. The van der Waals surface area contributed by atoms with Crippen molar-refractivity contribution >= 4 is 6.29 Å². The second kappa shape index (κ2) is 2.59. The van der Waals surface area contributed by atoms with Gasteiger partial charge in [0.2, 0.25) is 0 Å². The van der Waals surface area contributed by atoms with Gasteiger partial charge in [0.1, 0.15) is 6.29 Å². The van der Waals surface area contributed by atoms with Gasteiger partial charge in [-0.15, -0.1) is 0 Å². The predicted molar refractivity (Wildman–Crippen MR) is 43.4 cm³/mol. The first-order chi connectivity index (χ1) is 5.37. The molecule has 2 nitrogen and oxygen atoms in total. The lowest BCUT2D eigenvalue weighted by atomic mass is 9.72. The third kappa shape index (κ3) is 1.00. The molecule has 1 N–H and O–H groups in total. The normalized spacial score (nSPS) is 43.5. The quantitative estimate of drug-likeness (QED) is 0.572. The van der Waals surface area contributed by atoms with Crippen molar-refractivity contribution in [1.29, 1.82) is 0 Å². The fraction of sp³-hybridized carbons (Fsp3) is 0.889. The van der Waals surface area contributed by atoms with Gasteiger partial charge in [-0.1, -0.05) is 12.8 Å². The summed E-state index contributed by atoms with van der Waals surface area (Å²) in [4.78, 5) is 10.9. The zero-order chi connectivity index (χ0) is 7.73. The number of hydrogen-bond donors (Lipinski definition) is 1. The van der Waals surface area contributed by atoms with Gasteiger partial charge >= 0.3 is 0 Å². The summed E-state index contributed by atoms with van der Waals surface area (Å²) < 4.78 is 0. The SMILES string of the molecule is O=CC12CCCCC1NCC2. The first kappa shape index (κ1) is 7.29. The monoisotopic (exact) mass is 153 g/mol. The van der Waals surface area contributed by atoms with E-state index in [4.69, 9.17) is 0 Å². The molecule has 0 aromatic carbocycles. The van der Waals surface area contributed by atoms with E-state index < -0.39 is 0 Å². The van der Waals surface area contributed by atoms with Gasteiger partial charge in [-0.3, -0.25) is 0 Å². The minimum absolute atomic E-state index is 0.0399. The molecule has 11 heavy (non-hydrogen) atoms. The Kier molecular flexibility index (Phi) is 1.72. The molecule has 0 amide bonds. The van der Waals surface area contributed by atoms with Gasteiger partial charge in [-0.05, 0) is 25.8 Å². The van der Waals surface area contributed by atoms with Gasteiger partial charge in [0.15, 0.2) is 0 Å². The number of aldehydes is 1. The second-order valence-corrected chi connectivity index (χ2v) is 3.85. The summed E-state index contributed by atoms with van der Waals surface area (Å²) in [6, 6.07) is 0.508. The Balaban J connectivity index is 2.18. The van der Waals surface area contributed by atoms with Crippen molar-refractivity contribution < 1.29 is 4.79 Å². The highest BCUT2D eigenvalue weighted by Gasteiger charge is 2.43. The Morgan fingerprint density at radius 1 is 1.36 bits per heavy atom. The molecule has 1 aliphatic heterocycles. The van der Waals surface area contributed by atoms with Crippen LogP contribution in [0.5, 0.6) is 0 Å². The van der Waals surface area contributed by atoms with Gasteiger partial charge in [0.25, 0.3) is 0 Å². The van der Waals surface area contributed by atoms with Gasteiger partial charge < -0.3 is 10.1 Å². The fourth-order valence-electron chi connectivity index (χ4n) is 2.55. The molecule has 0 aromatic rings. The van der Waals surface area contributed by atoms with Crippen LogP contribution in [0.15, 0.2) is 0 Å². The van der Waals surface area contributed by atoms with Crippen molar-refractivity contribution in [3.8, 4) is 0 Å². The zero-order valence-corrected chi connectivity index (χ0v) is 6.81. The molecule has 0 bridgehead atoms. The van der Waals surface area contributed by atoms with E-state index in [0.717, 1.165) is 19.4 Å². The van der Waals surface area contributed by atoms with Crippen LogP contribution in [-0.4, -0.2) is 18.9 Å². The average Bonchev–Trinajstić information content (AvgIpc) is 2.48. The molecule has 2 atom stereocenters. The molecule has 0 radical (unpaired) electrons. The molecule has 2 heteroatoms. The molecular formula is C9H15NO. The van der Waals surface area contributed by atoms with Crippen LogP contribution in [-0.2, 0) is 4.79 Å². The van der Waals surface area contributed by atoms with E-state index >= 15 is 0 Å². The van der Waals surface area contributed by atoms with Crippen molar-refractivity contribution in [2.75, 3.05) is 6.54 Å². The van der Waals surface area contributed by atoms with E-state index in [1.54, 1.807) is 0 Å². The second-order valence-electron chi connectivity index (χ2n) is 3.85. The van der Waals surface area contributed by atoms with E-state index in [0.29, 0.717) is 6.04 Å². The summed E-state index contributed by atoms with van der Waals surface area (Å²) in [5.74, 6) is 0. The molecule has 1 saturated carbocycles. The van der Waals surface area contributed by atoms with Crippen LogP contribution >= 0.6 is 0 Å². The first-order valence-electron chi connectivity index (χ1n) is 4.57. The first-order valence-corrected chi connectivity index (χ1v) is 4.57. The Hall–Kier alpha value is -0.370. The van der Waals surface area contributed by atoms with Gasteiger partial charge in [0, 0.05) is 11.5 Å². The van der Waals surface area contributed by atoms with Crippen LogP contribution in [0, 0.1) is 5.41 Å². The third-order valence-electron chi connectivity index (χ3n) is 3.29. The van der Waals surface area contributed by atoms with E-state index in [-0.39, 0.29) is 5.41 Å². The maximum Gasteiger partial charge on any atom is 0.127 e. The summed E-state index contributed by atoms with van der Waals surface area (Å²) in [7, 11) is 0. The third-order valence-corrected chi connectivity index (χ3v) is 3.29. The van der Waals surface area contributed by atoms with Crippen LogP contribution in [0.4, 0.5) is 0 Å². The fourth-order valence-corrected chi connectivity index (χ4v) is 2.55. The predicted octanol–water partition coefficient (Wildman–Crippen LogP) is 1.11. The number of carbonyl (C=O) groups is 1. The number of nitrogens with one attached hydrogen (secondary N) is 1. The molecule has 0 aromatic heterocycles. The van der Waals surface area contributed by atoms with Crippen LogP contribution in [0.25, 0.3) is 0 Å². The molecular weight excluding hydrogens is 138 g/mol. The number of hydrogen-bond acceptors (Lipinski definition) is 2. The van der Waals surface area contributed by atoms with Gasteiger partial charge in [-0.25, -0.2) is 0 Å². The average molecular weight is 153 g/mol. The van der Waals surface area contributed by atoms with Crippen LogP contribution < -0.4 is 5.32 Å². The lowest BCUT2D eigenvalue weighted by molar-refractivity contribution is -0.118. The minimum atomic E-state index is 0.0399. The maximum absolute atomic E-state index is 10.9. The zero-order valence-electron chi connectivity index (χ0n) is 6.81. The number of carbonyl (C=O) groups excluding carboxylic acids is 1. The number of rotatable bonds is 1. The summed E-state index contributed by atoms with van der Waals surface area (Å²) >= 11 is 0. The summed E-state index contributed by atoms with van der Waals surface area (Å²) in [6.45, 7) is 1.05. The Labute approximate surface area is 67.4 Å². The summed E-state index contributed by atoms with van der Waals surface area (Å²) in [5.41, 5.74) is 0.0399. The van der Waals surface area contributed by atoms with E-state index in [1.165, 1.54) is 25.5 Å². The van der Waals surface area contributed by atoms with Crippen LogP contribution in [0.2, 0.25) is 0 Å². The standard InChI is InChI=1S/C9H15NO/c11-7-9-4-2-1-3-8(9)10-6-5-9/h7-8,10H,1-6H2. The van der Waals surface area contributed by atoms with Crippen molar-refractivity contribution in [2.24, 2.45) is 5.41 Å². The largest absolute Gasteiger partial charge is 0.313 e. The van der Waals surface area contributed by atoms with E-state index in [1.807, 2.05) is 0 Å². The topological polar surface area (TPSA) is 29.1 Å². The molecule has 2 fully saturated rings. The van der Waals surface area contributed by atoms with Gasteiger partial charge in [0.05, 0.1) is 0 Å². The van der Waals surface area contributed by atoms with Crippen molar-refractivity contribution in [3.63, 3.8) is 0 Å². The molecule has 2 rings (SSSR count). The molecule has 1 heterocycles. The lowest BCUT2D eigenvalue weighted by Gasteiger charge is -2.33. The minimum Gasteiger partial charge on any atom is -0.313 e. The summed E-state index contributed by atoms with van der Waals surface area (Å²) in [5, 5.41) is 3.42. The Bertz CT molecular complexity index is 169. The highest BCUT2D eigenvalue weighted by Crippen LogP contribution is 2.40. The van der Waals surface area contributed by atoms with Gasteiger partial charge in [-0.2, -0.15) is 0 Å². The maximum atomic E-state index is 10.9. The highest BCUT2D eigenvalue weighted by atomic mass is 16.1. The molecule has 2 unspecified atom stereocenters. The van der Waals surface area contributed by atoms with E-state index in [2.05, 4.69) is 5.32 Å².